The Labute approximate surface area is 77.8 Å². The molecule has 0 N–H and O–H groups in total. The van der Waals surface area contributed by atoms with Crippen molar-refractivity contribution >= 4 is 0 Å². The molecule has 0 aromatic rings. The van der Waals surface area contributed by atoms with Gasteiger partial charge in [0, 0.05) is 11.0 Å². The maximum atomic E-state index is 8.43. The monoisotopic (exact) mass is 175 g/mol. The van der Waals surface area contributed by atoms with E-state index in [1.165, 1.54) is 12.8 Å². The van der Waals surface area contributed by atoms with Crippen molar-refractivity contribution < 1.29 is 0 Å². The topological polar surface area (TPSA) is 48.8 Å². The highest BCUT2D eigenvalue weighted by atomic mass is 15.1. The molecular weight excluding hydrogens is 162 g/mol. The maximum absolute atomic E-state index is 8.43. The predicted molar refractivity (Wildman–Crippen MR) is 52.0 cm³/mol. The van der Waals surface area contributed by atoms with Gasteiger partial charge in [0.25, 0.3) is 0 Å². The highest BCUT2D eigenvalue weighted by Crippen LogP contribution is 2.35. The number of hydrogen-bond donors (Lipinski definition) is 0. The Morgan fingerprint density at radius 3 is 2.92 bits per heavy atom. The lowest BCUT2D eigenvalue weighted by molar-refractivity contribution is 0.291. The van der Waals surface area contributed by atoms with Crippen LogP contribution in [0.5, 0.6) is 0 Å². The molecule has 3 unspecified atom stereocenters. The second kappa shape index (κ2) is 3.67. The Morgan fingerprint density at radius 1 is 1.23 bits per heavy atom. The minimum atomic E-state index is 0.185. The Kier molecular flexibility index (Phi) is 2.37. The van der Waals surface area contributed by atoms with Crippen LogP contribution < -0.4 is 0 Å². The Bertz CT molecular complexity index is 287. The van der Waals surface area contributed by atoms with E-state index in [9.17, 15) is 0 Å². The van der Waals surface area contributed by atoms with Crippen LogP contribution in [0, 0.1) is 11.8 Å². The summed E-state index contributed by atoms with van der Waals surface area (Å²) in [5.41, 5.74) is 8.43. The largest absolute Gasteiger partial charge is 0.0900 e. The number of hydrogen-bond acceptors (Lipinski definition) is 1. The molecule has 68 valence electrons. The number of fused-ring (bicyclic) bond motifs is 1. The molecule has 0 bridgehead atoms. The minimum Gasteiger partial charge on any atom is -0.0900 e. The molecule has 2 aliphatic carbocycles. The molecule has 0 spiro atoms. The second-order valence-electron chi connectivity index (χ2n) is 3.71. The zero-order valence-electron chi connectivity index (χ0n) is 7.50. The molecule has 1 saturated carbocycles. The lowest BCUT2D eigenvalue weighted by Crippen LogP contribution is -2.29. The van der Waals surface area contributed by atoms with Gasteiger partial charge in [0.2, 0.25) is 0 Å². The highest BCUT2D eigenvalue weighted by Gasteiger charge is 2.29. The van der Waals surface area contributed by atoms with Crippen molar-refractivity contribution in [1.82, 2.24) is 0 Å². The molecule has 0 heterocycles. The van der Waals surface area contributed by atoms with Crippen molar-refractivity contribution in [1.29, 1.82) is 0 Å². The van der Waals surface area contributed by atoms with Gasteiger partial charge in [0.05, 0.1) is 0 Å². The molecule has 3 nitrogen and oxygen atoms in total. The molecule has 2 aliphatic rings. The van der Waals surface area contributed by atoms with Crippen LogP contribution in [0.15, 0.2) is 29.4 Å². The van der Waals surface area contributed by atoms with Crippen LogP contribution in [0.1, 0.15) is 19.3 Å². The molecule has 0 aliphatic heterocycles. The first-order valence-corrected chi connectivity index (χ1v) is 4.81. The van der Waals surface area contributed by atoms with Crippen LogP contribution in [0.25, 0.3) is 10.4 Å². The van der Waals surface area contributed by atoms with E-state index < -0.39 is 0 Å². The molecular formula is C10H13N3. The third-order valence-electron chi connectivity index (χ3n) is 2.98. The summed E-state index contributed by atoms with van der Waals surface area (Å²) in [4.78, 5) is 2.92. The van der Waals surface area contributed by atoms with E-state index in [-0.39, 0.29) is 6.04 Å². The number of nitrogens with zero attached hydrogens (tertiary/aromatic N) is 3. The first-order chi connectivity index (χ1) is 6.42. The summed E-state index contributed by atoms with van der Waals surface area (Å²) >= 11 is 0. The van der Waals surface area contributed by atoms with Gasteiger partial charge in [-0.25, -0.2) is 0 Å². The van der Waals surface area contributed by atoms with Gasteiger partial charge in [-0.15, -0.1) is 0 Å². The van der Waals surface area contributed by atoms with Crippen LogP contribution in [0.3, 0.4) is 0 Å². The first kappa shape index (κ1) is 8.39. The Balaban J connectivity index is 2.17. The van der Waals surface area contributed by atoms with Crippen LogP contribution in [0.2, 0.25) is 0 Å². The van der Waals surface area contributed by atoms with Gasteiger partial charge in [-0.2, -0.15) is 0 Å². The molecule has 3 heteroatoms. The molecule has 2 rings (SSSR count). The van der Waals surface area contributed by atoms with Gasteiger partial charge in [0.1, 0.15) is 0 Å². The molecule has 0 aromatic heterocycles. The van der Waals surface area contributed by atoms with Crippen molar-refractivity contribution in [2.45, 2.75) is 25.3 Å². The molecule has 0 saturated heterocycles. The zero-order chi connectivity index (χ0) is 9.10. The van der Waals surface area contributed by atoms with Crippen LogP contribution in [0.4, 0.5) is 0 Å². The summed E-state index contributed by atoms with van der Waals surface area (Å²) in [7, 11) is 0. The average Bonchev–Trinajstić information content (AvgIpc) is 2.19. The summed E-state index contributed by atoms with van der Waals surface area (Å²) in [5.74, 6) is 1.06. The second-order valence-corrected chi connectivity index (χ2v) is 3.71. The fraction of sp³-hybridized carbons (Fsp3) is 0.600. The van der Waals surface area contributed by atoms with Gasteiger partial charge in [-0.05, 0) is 30.2 Å². The average molecular weight is 175 g/mol. The SMILES string of the molecule is [N-]=[N+]=NC1CCCC2C=CC=CC21. The van der Waals surface area contributed by atoms with E-state index in [0.717, 1.165) is 6.42 Å². The highest BCUT2D eigenvalue weighted by molar-refractivity contribution is 5.17. The lowest BCUT2D eigenvalue weighted by Gasteiger charge is -2.33. The van der Waals surface area contributed by atoms with E-state index in [1.807, 2.05) is 0 Å². The van der Waals surface area contributed by atoms with Crippen molar-refractivity contribution in [2.24, 2.45) is 17.0 Å². The first-order valence-electron chi connectivity index (χ1n) is 4.81. The standard InChI is InChI=1S/C10H13N3/c11-13-12-10-7-3-5-8-4-1-2-6-9(8)10/h1-2,4,6,8-10H,3,5,7H2. The van der Waals surface area contributed by atoms with E-state index in [1.54, 1.807) is 0 Å². The Hall–Kier alpha value is -1.21. The minimum absolute atomic E-state index is 0.185. The zero-order valence-corrected chi connectivity index (χ0v) is 7.50. The van der Waals surface area contributed by atoms with Gasteiger partial charge in [-0.1, -0.05) is 35.8 Å². The van der Waals surface area contributed by atoms with Gasteiger partial charge < -0.3 is 0 Å². The van der Waals surface area contributed by atoms with E-state index >= 15 is 0 Å². The van der Waals surface area contributed by atoms with Crippen LogP contribution in [-0.2, 0) is 0 Å². The quantitative estimate of drug-likeness (QED) is 0.334. The normalized spacial score (nSPS) is 36.5. The number of allylic oxidation sites excluding steroid dienone is 3. The van der Waals surface area contributed by atoms with Crippen molar-refractivity contribution in [3.05, 3.63) is 34.7 Å². The van der Waals surface area contributed by atoms with Crippen LogP contribution in [-0.4, -0.2) is 6.04 Å². The van der Waals surface area contributed by atoms with Crippen molar-refractivity contribution in [3.8, 4) is 0 Å². The maximum Gasteiger partial charge on any atom is 0.0442 e. The van der Waals surface area contributed by atoms with Gasteiger partial charge in [0.15, 0.2) is 0 Å². The molecule has 0 amide bonds. The summed E-state index contributed by atoms with van der Waals surface area (Å²) < 4.78 is 0. The Morgan fingerprint density at radius 2 is 2.08 bits per heavy atom. The number of azide groups is 1. The van der Waals surface area contributed by atoms with Gasteiger partial charge >= 0.3 is 0 Å². The van der Waals surface area contributed by atoms with Crippen molar-refractivity contribution in [3.63, 3.8) is 0 Å². The summed E-state index contributed by atoms with van der Waals surface area (Å²) in [5, 5.41) is 3.86. The van der Waals surface area contributed by atoms with E-state index in [4.69, 9.17) is 5.53 Å². The fourth-order valence-electron chi connectivity index (χ4n) is 2.33. The molecule has 3 atom stereocenters. The third-order valence-corrected chi connectivity index (χ3v) is 2.98. The summed E-state index contributed by atoms with van der Waals surface area (Å²) in [6.45, 7) is 0. The predicted octanol–water partition coefficient (Wildman–Crippen LogP) is 3.21. The van der Waals surface area contributed by atoms with Gasteiger partial charge in [-0.3, -0.25) is 0 Å². The molecule has 1 fully saturated rings. The molecule has 0 radical (unpaired) electrons. The smallest absolute Gasteiger partial charge is 0.0442 e. The third kappa shape index (κ3) is 1.61. The summed E-state index contributed by atoms with van der Waals surface area (Å²) in [6, 6.07) is 0.185. The van der Waals surface area contributed by atoms with Crippen LogP contribution >= 0.6 is 0 Å². The number of rotatable bonds is 1. The van der Waals surface area contributed by atoms with E-state index in [0.29, 0.717) is 11.8 Å². The fourth-order valence-corrected chi connectivity index (χ4v) is 2.33. The van der Waals surface area contributed by atoms with E-state index in [2.05, 4.69) is 34.3 Å². The molecule has 13 heavy (non-hydrogen) atoms. The lowest BCUT2D eigenvalue weighted by atomic mass is 9.74. The van der Waals surface area contributed by atoms with Crippen molar-refractivity contribution in [2.75, 3.05) is 0 Å². The molecule has 0 aromatic carbocycles. The summed E-state index contributed by atoms with van der Waals surface area (Å²) in [6.07, 6.45) is 12.0.